The van der Waals surface area contributed by atoms with Crippen LogP contribution in [-0.4, -0.2) is 19.9 Å². The maximum atomic E-state index is 10.6. The van der Waals surface area contributed by atoms with Crippen molar-refractivity contribution in [2.75, 3.05) is 0 Å². The molecule has 3 aromatic heterocycles. The second kappa shape index (κ2) is 14.5. The maximum Gasteiger partial charge on any atom is 0.271 e. The molecule has 0 fully saturated rings. The van der Waals surface area contributed by atoms with Gasteiger partial charge in [-0.15, -0.1) is 34.8 Å². The molecule has 6 nitrogen and oxygen atoms in total. The van der Waals surface area contributed by atoms with Gasteiger partial charge in [-0.1, -0.05) is 52.3 Å². The summed E-state index contributed by atoms with van der Waals surface area (Å²) in [5, 5.41) is 13.7. The molecule has 6 rings (SSSR count). The number of fused-ring (bicyclic) bond motifs is 3. The number of aromatic nitrogens is 3. The van der Waals surface area contributed by atoms with Crippen molar-refractivity contribution in [2.45, 2.75) is 24.6 Å². The van der Waals surface area contributed by atoms with Crippen LogP contribution < -0.4 is 0 Å². The predicted molar refractivity (Wildman–Crippen MR) is 173 cm³/mol. The molecule has 0 N–H and O–H groups in total. The van der Waals surface area contributed by atoms with E-state index >= 15 is 0 Å². The minimum Gasteiger partial charge on any atom is -0.258 e. The molecular formula is C31H24BrCl3N4O2. The van der Waals surface area contributed by atoms with Crippen molar-refractivity contribution in [2.24, 2.45) is 0 Å². The van der Waals surface area contributed by atoms with Crippen LogP contribution in [-0.2, 0) is 17.6 Å². The molecule has 6 aromatic rings. The van der Waals surface area contributed by atoms with Crippen molar-refractivity contribution >= 4 is 89.1 Å². The Hall–Kier alpha value is -3.36. The summed E-state index contributed by atoms with van der Waals surface area (Å²) in [7, 11) is 0. The molecule has 0 amide bonds. The van der Waals surface area contributed by atoms with E-state index in [-0.39, 0.29) is 5.69 Å². The number of nitro groups is 1. The van der Waals surface area contributed by atoms with Crippen LogP contribution in [0.2, 0.25) is 0 Å². The van der Waals surface area contributed by atoms with Crippen molar-refractivity contribution in [3.8, 4) is 0 Å². The molecule has 41 heavy (non-hydrogen) atoms. The smallest absolute Gasteiger partial charge is 0.258 e. The van der Waals surface area contributed by atoms with Crippen molar-refractivity contribution in [3.05, 3.63) is 128 Å². The SMILES string of the molecule is Cc1ccc2ccc(CCl)nc2c1.ClCc1ccc2ccc(Br)cc2n1.O=[N+]([O-])c1ccc2ccc(CCl)nc2c1. The Morgan fingerprint density at radius 1 is 0.634 bits per heavy atom. The Labute approximate surface area is 260 Å². The van der Waals surface area contributed by atoms with Crippen LogP contribution in [0.4, 0.5) is 5.69 Å². The van der Waals surface area contributed by atoms with Crippen LogP contribution in [0.3, 0.4) is 0 Å². The van der Waals surface area contributed by atoms with Crippen LogP contribution in [0.1, 0.15) is 22.6 Å². The van der Waals surface area contributed by atoms with Crippen molar-refractivity contribution < 1.29 is 4.92 Å². The Morgan fingerprint density at radius 3 is 1.54 bits per heavy atom. The number of rotatable bonds is 4. The molecule has 10 heteroatoms. The lowest BCUT2D eigenvalue weighted by atomic mass is 10.1. The molecule has 208 valence electrons. The molecule has 0 bridgehead atoms. The molecule has 0 spiro atoms. The van der Waals surface area contributed by atoms with Gasteiger partial charge in [0, 0.05) is 32.8 Å². The van der Waals surface area contributed by atoms with Crippen LogP contribution in [0.5, 0.6) is 0 Å². The van der Waals surface area contributed by atoms with Crippen LogP contribution >= 0.6 is 50.7 Å². The van der Waals surface area contributed by atoms with E-state index in [1.807, 2.05) is 42.5 Å². The standard InChI is InChI=1S/C11H10ClN.C10H7BrClN.C10H7ClN2O2/c1-8-2-3-9-4-5-10(7-12)13-11(9)6-8;11-8-3-1-7-2-4-9(6-12)13-10(7)5-8;11-6-8-3-1-7-2-4-9(13(14)15)5-10(7)12-8/h2-6H,7H2,1H3;1-5H,6H2;1-5H,6H2. The Morgan fingerprint density at radius 2 is 1.05 bits per heavy atom. The van der Waals surface area contributed by atoms with Crippen LogP contribution in [0, 0.1) is 17.0 Å². The summed E-state index contributed by atoms with van der Waals surface area (Å²) in [6, 6.07) is 28.5. The number of hydrogen-bond donors (Lipinski definition) is 0. The predicted octanol–water partition coefficient (Wildman–Crippen LogP) is 9.90. The highest BCUT2D eigenvalue weighted by Gasteiger charge is 2.07. The Balaban J connectivity index is 0.000000142. The number of pyridine rings is 3. The van der Waals surface area contributed by atoms with Gasteiger partial charge in [-0.05, 0) is 55.0 Å². The molecule has 3 heterocycles. The highest BCUT2D eigenvalue weighted by atomic mass is 79.9. The van der Waals surface area contributed by atoms with Gasteiger partial charge in [-0.25, -0.2) is 0 Å². The summed E-state index contributed by atoms with van der Waals surface area (Å²) < 4.78 is 1.04. The number of nitro benzene ring substituents is 1. The molecular weight excluding hydrogens is 647 g/mol. The van der Waals surface area contributed by atoms with Gasteiger partial charge in [0.25, 0.3) is 5.69 Å². The van der Waals surface area contributed by atoms with Gasteiger partial charge >= 0.3 is 0 Å². The maximum absolute atomic E-state index is 10.6. The third-order valence-corrected chi connectivity index (χ3v) is 7.29. The Bertz CT molecular complexity index is 1750. The van der Waals surface area contributed by atoms with E-state index in [4.69, 9.17) is 34.8 Å². The number of aryl methyl sites for hydroxylation is 1. The molecule has 0 atom stereocenters. The summed E-state index contributed by atoms with van der Waals surface area (Å²) in [6.07, 6.45) is 0. The van der Waals surface area contributed by atoms with E-state index in [0.717, 1.165) is 37.7 Å². The van der Waals surface area contributed by atoms with E-state index in [1.165, 1.54) is 23.1 Å². The number of non-ortho nitro benzene ring substituents is 1. The third-order valence-electron chi connectivity index (χ3n) is 5.97. The summed E-state index contributed by atoms with van der Waals surface area (Å²) in [4.78, 5) is 23.1. The second-order valence-electron chi connectivity index (χ2n) is 8.98. The molecule has 3 aromatic carbocycles. The second-order valence-corrected chi connectivity index (χ2v) is 10.7. The summed E-state index contributed by atoms with van der Waals surface area (Å²) in [5.41, 5.74) is 6.43. The van der Waals surface area contributed by atoms with E-state index in [9.17, 15) is 10.1 Å². The van der Waals surface area contributed by atoms with Gasteiger partial charge in [0.05, 0.1) is 56.2 Å². The topological polar surface area (TPSA) is 81.8 Å². The van der Waals surface area contributed by atoms with Gasteiger partial charge in [0.2, 0.25) is 0 Å². The zero-order valence-corrected chi connectivity index (χ0v) is 25.8. The van der Waals surface area contributed by atoms with Gasteiger partial charge in [-0.3, -0.25) is 25.1 Å². The normalized spacial score (nSPS) is 10.6. The zero-order valence-electron chi connectivity index (χ0n) is 21.9. The number of alkyl halides is 3. The van der Waals surface area contributed by atoms with Crippen LogP contribution in [0.25, 0.3) is 32.7 Å². The van der Waals surface area contributed by atoms with Gasteiger partial charge < -0.3 is 0 Å². The highest BCUT2D eigenvalue weighted by Crippen LogP contribution is 2.21. The minimum atomic E-state index is -0.436. The Kier molecular flexibility index (Phi) is 10.8. The average Bonchev–Trinajstić information content (AvgIpc) is 3.00. The first kappa shape index (κ1) is 30.6. The fraction of sp³-hybridized carbons (Fsp3) is 0.129. The zero-order chi connectivity index (χ0) is 29.4. The van der Waals surface area contributed by atoms with E-state index < -0.39 is 4.92 Å². The lowest BCUT2D eigenvalue weighted by Crippen LogP contribution is -1.90. The number of benzene rings is 3. The lowest BCUT2D eigenvalue weighted by molar-refractivity contribution is -0.384. The third kappa shape index (κ3) is 8.33. The van der Waals surface area contributed by atoms with Gasteiger partial charge in [-0.2, -0.15) is 0 Å². The minimum absolute atomic E-state index is 0.0433. The van der Waals surface area contributed by atoms with Crippen LogP contribution in [0.15, 0.2) is 95.5 Å². The first-order valence-corrected chi connectivity index (χ1v) is 14.8. The average molecular weight is 671 g/mol. The number of hydrogen-bond acceptors (Lipinski definition) is 5. The number of halogens is 4. The van der Waals surface area contributed by atoms with Crippen molar-refractivity contribution in [1.82, 2.24) is 15.0 Å². The summed E-state index contributed by atoms with van der Waals surface area (Å²) >= 11 is 20.4. The fourth-order valence-electron chi connectivity index (χ4n) is 3.89. The van der Waals surface area contributed by atoms with E-state index in [2.05, 4.69) is 62.1 Å². The summed E-state index contributed by atoms with van der Waals surface area (Å²) in [5.74, 6) is 1.24. The molecule has 0 aliphatic carbocycles. The summed E-state index contributed by atoms with van der Waals surface area (Å²) in [6.45, 7) is 2.06. The quantitative estimate of drug-likeness (QED) is 0.106. The van der Waals surface area contributed by atoms with Gasteiger partial charge in [0.15, 0.2) is 0 Å². The lowest BCUT2D eigenvalue weighted by Gasteiger charge is -2.00. The van der Waals surface area contributed by atoms with Gasteiger partial charge in [0.1, 0.15) is 0 Å². The van der Waals surface area contributed by atoms with E-state index in [0.29, 0.717) is 28.9 Å². The van der Waals surface area contributed by atoms with E-state index in [1.54, 1.807) is 12.1 Å². The molecule has 0 unspecified atom stereocenters. The molecule has 0 saturated heterocycles. The molecule has 0 saturated carbocycles. The van der Waals surface area contributed by atoms with Crippen molar-refractivity contribution in [1.29, 1.82) is 0 Å². The fourth-order valence-corrected chi connectivity index (χ4v) is 4.68. The largest absolute Gasteiger partial charge is 0.271 e. The van der Waals surface area contributed by atoms with Crippen molar-refractivity contribution in [3.63, 3.8) is 0 Å². The first-order valence-electron chi connectivity index (χ1n) is 12.4. The molecule has 0 radical (unpaired) electrons. The molecule has 0 aliphatic rings. The highest BCUT2D eigenvalue weighted by molar-refractivity contribution is 9.10. The first-order chi connectivity index (χ1) is 19.8. The number of nitrogens with zero attached hydrogens (tertiary/aromatic N) is 4. The monoisotopic (exact) mass is 668 g/mol. The molecule has 0 aliphatic heterocycles.